The fraction of sp³-hybridized carbons (Fsp3) is 0.538. The second kappa shape index (κ2) is 12.9. The Bertz CT molecular complexity index is 878. The highest BCUT2D eigenvalue weighted by molar-refractivity contribution is 14.1. The Morgan fingerprint density at radius 1 is 1.18 bits per heavy atom. The maximum Gasteiger partial charge on any atom is 0.239 e. The Balaban J connectivity index is 1.63. The molecule has 0 spiro atoms. The first kappa shape index (κ1) is 27.0. The third kappa shape index (κ3) is 8.88. The molecule has 1 aromatic heterocycles. The summed E-state index contributed by atoms with van der Waals surface area (Å²) < 4.78 is 3.32. The van der Waals surface area contributed by atoms with E-state index in [0.717, 1.165) is 31.6 Å². The van der Waals surface area contributed by atoms with Crippen LogP contribution in [0.3, 0.4) is 0 Å². The molecule has 3 N–H and O–H groups in total. The summed E-state index contributed by atoms with van der Waals surface area (Å²) in [5.41, 5.74) is 2.08. The van der Waals surface area contributed by atoms with E-state index in [4.69, 9.17) is 0 Å². The van der Waals surface area contributed by atoms with Crippen LogP contribution in [-0.2, 0) is 17.8 Å². The number of halogens is 1. The molecule has 0 unspecified atom stereocenters. The lowest BCUT2D eigenvalue weighted by atomic mass is 10.00. The number of pyridine rings is 1. The number of amides is 1. The average molecular weight is 580 g/mol. The van der Waals surface area contributed by atoms with Crippen molar-refractivity contribution in [2.75, 3.05) is 26.2 Å². The van der Waals surface area contributed by atoms with Gasteiger partial charge in [0.2, 0.25) is 5.91 Å². The number of nitrogens with one attached hydrogen (secondary N) is 2. The van der Waals surface area contributed by atoms with Crippen LogP contribution in [0.5, 0.6) is 0 Å². The highest BCUT2D eigenvalue weighted by Crippen LogP contribution is 2.17. The van der Waals surface area contributed by atoms with Gasteiger partial charge in [-0.25, -0.2) is 0 Å². The lowest BCUT2D eigenvalue weighted by molar-refractivity contribution is -0.131. The number of rotatable bonds is 10. The quantitative estimate of drug-likeness (QED) is 0.297. The molecule has 0 bridgehead atoms. The molecule has 1 aliphatic rings. The van der Waals surface area contributed by atoms with Gasteiger partial charge in [-0.05, 0) is 50.8 Å². The minimum Gasteiger partial charge on any atom is -0.392 e. The van der Waals surface area contributed by atoms with E-state index in [1.807, 2.05) is 51.2 Å². The van der Waals surface area contributed by atoms with Gasteiger partial charge in [0.25, 0.3) is 0 Å². The smallest absolute Gasteiger partial charge is 0.239 e. The second-order valence-corrected chi connectivity index (χ2v) is 10.9. The monoisotopic (exact) mass is 579 g/mol. The van der Waals surface area contributed by atoms with E-state index in [1.54, 1.807) is 6.20 Å². The van der Waals surface area contributed by atoms with Crippen molar-refractivity contribution in [3.8, 4) is 0 Å². The van der Waals surface area contributed by atoms with E-state index >= 15 is 0 Å². The summed E-state index contributed by atoms with van der Waals surface area (Å²) in [6.45, 7) is 9.46. The fourth-order valence-electron chi connectivity index (χ4n) is 4.43. The molecule has 2 aromatic rings. The summed E-state index contributed by atoms with van der Waals surface area (Å²) in [7, 11) is 0. The summed E-state index contributed by atoms with van der Waals surface area (Å²) in [4.78, 5) is 21.9. The van der Waals surface area contributed by atoms with Gasteiger partial charge < -0.3 is 10.4 Å². The maximum atomic E-state index is 13.2. The largest absolute Gasteiger partial charge is 0.392 e. The molecule has 1 fully saturated rings. The number of piperazine rings is 1. The predicted octanol–water partition coefficient (Wildman–Crippen LogP) is 2.78. The first-order valence-corrected chi connectivity index (χ1v) is 13.1. The molecule has 0 radical (unpaired) electrons. The summed E-state index contributed by atoms with van der Waals surface area (Å²) in [6.07, 6.45) is 4.61. The van der Waals surface area contributed by atoms with Crippen LogP contribution >= 0.6 is 22.9 Å². The van der Waals surface area contributed by atoms with Crippen molar-refractivity contribution in [1.82, 2.24) is 23.6 Å². The highest BCUT2D eigenvalue weighted by Gasteiger charge is 2.35. The molecule has 1 aliphatic heterocycles. The Morgan fingerprint density at radius 3 is 2.56 bits per heavy atom. The van der Waals surface area contributed by atoms with Crippen LogP contribution in [0.1, 0.15) is 38.3 Å². The molecule has 8 heteroatoms. The zero-order valence-corrected chi connectivity index (χ0v) is 22.6. The molecule has 34 heavy (non-hydrogen) atoms. The van der Waals surface area contributed by atoms with Gasteiger partial charge in [0, 0.05) is 79.6 Å². The Morgan fingerprint density at radius 2 is 1.91 bits per heavy atom. The number of carbonyl (C=O) groups excluding carboxylic acids is 1. The molecular weight excluding hydrogens is 541 g/mol. The third-order valence-corrected chi connectivity index (χ3v) is 6.87. The predicted molar refractivity (Wildman–Crippen MR) is 144 cm³/mol. The zero-order valence-electron chi connectivity index (χ0n) is 20.5. The van der Waals surface area contributed by atoms with Gasteiger partial charge in [-0.2, -0.15) is 0 Å². The molecule has 0 aliphatic carbocycles. The number of hydrogen-bond donors (Lipinski definition) is 3. The Labute approximate surface area is 217 Å². The van der Waals surface area contributed by atoms with Crippen molar-refractivity contribution in [2.45, 2.75) is 63.9 Å². The van der Waals surface area contributed by atoms with Crippen LogP contribution in [0.4, 0.5) is 0 Å². The molecule has 1 amide bonds. The standard InChI is InChI=1S/C26H38IN5O2/c1-26(2,3)29-25(34)24-19-31(17-21-10-7-11-28-16-21)12-13-32(24)18-23(33)15-22(30-27)14-20-8-5-4-6-9-20/h4-11,16,22-24,30,33H,12-15,17-19H2,1-3H3,(H,29,34)/t22-,23+,24+/m1/s1. The summed E-state index contributed by atoms with van der Waals surface area (Å²) in [6, 6.07) is 14.2. The molecule has 1 aromatic carbocycles. The SMILES string of the molecule is CC(C)(C)NC(=O)[C@@H]1CN(Cc2cccnc2)CCN1C[C@@H](O)C[C@@H](Cc1ccccc1)NI. The van der Waals surface area contributed by atoms with E-state index in [0.29, 0.717) is 19.5 Å². The molecule has 3 atom stereocenters. The maximum absolute atomic E-state index is 13.2. The second-order valence-electron chi connectivity index (χ2n) is 10.2. The van der Waals surface area contributed by atoms with Gasteiger partial charge >= 0.3 is 0 Å². The first-order valence-electron chi connectivity index (χ1n) is 12.0. The van der Waals surface area contributed by atoms with Crippen LogP contribution in [0, 0.1) is 0 Å². The van der Waals surface area contributed by atoms with E-state index in [9.17, 15) is 9.90 Å². The number of aromatic nitrogens is 1. The summed E-state index contributed by atoms with van der Waals surface area (Å²) >= 11 is 2.17. The van der Waals surface area contributed by atoms with Crippen LogP contribution in [0.25, 0.3) is 0 Å². The van der Waals surface area contributed by atoms with Crippen molar-refractivity contribution in [1.29, 1.82) is 0 Å². The van der Waals surface area contributed by atoms with Gasteiger partial charge in [0.1, 0.15) is 6.04 Å². The van der Waals surface area contributed by atoms with Crippen molar-refractivity contribution in [3.05, 3.63) is 66.0 Å². The minimum atomic E-state index is -0.522. The molecule has 3 rings (SSSR count). The van der Waals surface area contributed by atoms with Gasteiger partial charge in [0.05, 0.1) is 6.10 Å². The first-order chi connectivity index (χ1) is 16.2. The number of aliphatic hydroxyl groups excluding tert-OH is 1. The van der Waals surface area contributed by atoms with Crippen LogP contribution in [-0.4, -0.2) is 75.7 Å². The Hall–Kier alpha value is -1.59. The van der Waals surface area contributed by atoms with E-state index in [2.05, 4.69) is 64.7 Å². The summed E-state index contributed by atoms with van der Waals surface area (Å²) in [5.74, 6) is 0.0171. The number of hydrogen-bond acceptors (Lipinski definition) is 6. The van der Waals surface area contributed by atoms with Gasteiger partial charge in [0.15, 0.2) is 0 Å². The fourth-order valence-corrected chi connectivity index (χ4v) is 4.90. The molecule has 186 valence electrons. The number of benzene rings is 1. The Kier molecular flexibility index (Phi) is 10.3. The van der Waals surface area contributed by atoms with E-state index in [-0.39, 0.29) is 23.5 Å². The van der Waals surface area contributed by atoms with Gasteiger partial charge in [-0.1, -0.05) is 36.4 Å². The average Bonchev–Trinajstić information content (AvgIpc) is 2.80. The van der Waals surface area contributed by atoms with Crippen LogP contribution in [0.15, 0.2) is 54.9 Å². The lowest BCUT2D eigenvalue weighted by Crippen LogP contribution is -2.62. The van der Waals surface area contributed by atoms with Crippen molar-refractivity contribution in [3.63, 3.8) is 0 Å². The lowest BCUT2D eigenvalue weighted by Gasteiger charge is -2.42. The van der Waals surface area contributed by atoms with E-state index < -0.39 is 6.10 Å². The van der Waals surface area contributed by atoms with Crippen LogP contribution < -0.4 is 8.85 Å². The zero-order chi connectivity index (χ0) is 24.6. The van der Waals surface area contributed by atoms with Gasteiger partial charge in [-0.15, -0.1) is 0 Å². The van der Waals surface area contributed by atoms with Gasteiger partial charge in [-0.3, -0.25) is 23.1 Å². The normalized spacial score (nSPS) is 19.5. The number of nitrogens with zero attached hydrogens (tertiary/aromatic N) is 3. The van der Waals surface area contributed by atoms with Crippen molar-refractivity contribution >= 4 is 28.8 Å². The van der Waals surface area contributed by atoms with Crippen molar-refractivity contribution in [2.24, 2.45) is 0 Å². The van der Waals surface area contributed by atoms with E-state index in [1.165, 1.54) is 5.56 Å². The van der Waals surface area contributed by atoms with Crippen LogP contribution in [0.2, 0.25) is 0 Å². The third-order valence-electron chi connectivity index (χ3n) is 5.99. The molecule has 7 nitrogen and oxygen atoms in total. The molecule has 2 heterocycles. The number of β-amino-alcohol motifs (C(OH)–C–C–N with tert-alkyl or cyclic N) is 1. The number of carbonyl (C=O) groups is 1. The molecular formula is C26H38IN5O2. The molecule has 0 saturated carbocycles. The number of aliphatic hydroxyl groups is 1. The molecule has 1 saturated heterocycles. The van der Waals surface area contributed by atoms with Crippen molar-refractivity contribution < 1.29 is 9.90 Å². The topological polar surface area (TPSA) is 80.7 Å². The highest BCUT2D eigenvalue weighted by atomic mass is 127. The minimum absolute atomic E-state index is 0.0171. The summed E-state index contributed by atoms with van der Waals surface area (Å²) in [5, 5.41) is 14.1.